The van der Waals surface area contributed by atoms with Crippen molar-refractivity contribution in [2.75, 3.05) is 0 Å². The second-order valence-corrected chi connectivity index (χ2v) is 8.20. The van der Waals surface area contributed by atoms with E-state index < -0.39 is 11.0 Å². The van der Waals surface area contributed by atoms with Crippen molar-refractivity contribution >= 4 is 39.4 Å². The number of primary amides is 1. The zero-order valence-corrected chi connectivity index (χ0v) is 16.4. The van der Waals surface area contributed by atoms with Gasteiger partial charge in [-0.2, -0.15) is 0 Å². The predicted molar refractivity (Wildman–Crippen MR) is 115 cm³/mol. The van der Waals surface area contributed by atoms with Crippen LogP contribution in [-0.2, 0) is 9.67 Å². The van der Waals surface area contributed by atoms with Crippen molar-refractivity contribution in [2.45, 2.75) is 16.8 Å². The lowest BCUT2D eigenvalue weighted by atomic mass is 9.98. The van der Waals surface area contributed by atoms with Gasteiger partial charge in [0.25, 0.3) is 0 Å². The molecule has 0 bridgehead atoms. The summed E-state index contributed by atoms with van der Waals surface area (Å²) >= 11 is 1.27. The van der Waals surface area contributed by atoms with E-state index in [0.29, 0.717) is 16.3 Å². The van der Waals surface area contributed by atoms with Gasteiger partial charge in [0, 0.05) is 16.3 Å². The van der Waals surface area contributed by atoms with Crippen molar-refractivity contribution in [2.24, 2.45) is 5.73 Å². The summed E-state index contributed by atoms with van der Waals surface area (Å²) in [5, 5.41) is 24.1. The lowest BCUT2D eigenvalue weighted by Gasteiger charge is -2.31. The zero-order valence-electron chi connectivity index (χ0n) is 15.6. The number of phenols is 2. The molecule has 0 spiro atoms. The van der Waals surface area contributed by atoms with Gasteiger partial charge in [-0.25, -0.2) is 4.79 Å². The van der Waals surface area contributed by atoms with Crippen molar-refractivity contribution in [3.05, 3.63) is 78.4 Å². The van der Waals surface area contributed by atoms with Crippen LogP contribution in [0, 0.1) is 0 Å². The monoisotopic (exact) mass is 405 g/mol. The van der Waals surface area contributed by atoms with E-state index in [1.807, 2.05) is 42.5 Å². The van der Waals surface area contributed by atoms with Gasteiger partial charge in [-0.15, -0.1) is 0 Å². The first-order valence-corrected chi connectivity index (χ1v) is 9.80. The molecule has 0 saturated heterocycles. The Kier molecular flexibility index (Phi) is 4.72. The van der Waals surface area contributed by atoms with Crippen LogP contribution in [0.25, 0.3) is 21.5 Å². The highest BCUT2D eigenvalue weighted by molar-refractivity contribution is 8.00. The van der Waals surface area contributed by atoms with E-state index >= 15 is 0 Å². The maximum Gasteiger partial charge on any atom is 0.406 e. The average Bonchev–Trinajstić information content (AvgIpc) is 2.67. The fourth-order valence-electron chi connectivity index (χ4n) is 3.63. The molecule has 29 heavy (non-hydrogen) atoms. The minimum atomic E-state index is -1.34. The predicted octanol–water partition coefficient (Wildman–Crippen LogP) is 5.46. The topological polar surface area (TPSA) is 92.8 Å². The molecule has 0 heterocycles. The van der Waals surface area contributed by atoms with Gasteiger partial charge in [0.2, 0.25) is 0 Å². The number of ether oxygens (including phenoxy) is 1. The van der Waals surface area contributed by atoms with Gasteiger partial charge in [0.1, 0.15) is 11.5 Å². The molecule has 1 amide bonds. The van der Waals surface area contributed by atoms with Crippen molar-refractivity contribution in [3.8, 4) is 11.5 Å². The number of nitrogens with two attached hydrogens (primary N) is 1. The molecule has 0 aliphatic rings. The molecule has 5 nitrogen and oxygen atoms in total. The van der Waals surface area contributed by atoms with Crippen molar-refractivity contribution in [1.29, 1.82) is 0 Å². The van der Waals surface area contributed by atoms with Crippen LogP contribution < -0.4 is 5.73 Å². The molecule has 146 valence electrons. The van der Waals surface area contributed by atoms with Crippen molar-refractivity contribution in [1.82, 2.24) is 0 Å². The SMILES string of the molecule is CC(OC(N)=O)(Sc1cccc2ccccc12)c1c(O)cc(O)c2ccccc12. The Bertz CT molecular complexity index is 1230. The number of carbonyl (C=O) groups excluding carboxylic acids is 1. The maximum absolute atomic E-state index is 11.8. The Labute approximate surface area is 171 Å². The number of rotatable bonds is 4. The number of thioether (sulfide) groups is 1. The molecule has 0 aromatic heterocycles. The molecule has 0 aliphatic heterocycles. The third kappa shape index (κ3) is 3.43. The number of carbonyl (C=O) groups is 1. The molecule has 0 saturated carbocycles. The number of hydrogen-bond donors (Lipinski definition) is 3. The first-order chi connectivity index (χ1) is 13.9. The highest BCUT2D eigenvalue weighted by atomic mass is 32.2. The Hall–Kier alpha value is -3.38. The van der Waals surface area contributed by atoms with Gasteiger partial charge >= 0.3 is 6.09 Å². The maximum atomic E-state index is 11.8. The average molecular weight is 405 g/mol. The molecule has 4 aromatic rings. The van der Waals surface area contributed by atoms with E-state index in [4.69, 9.17) is 10.5 Å². The van der Waals surface area contributed by atoms with Crippen LogP contribution in [0.1, 0.15) is 12.5 Å². The highest BCUT2D eigenvalue weighted by Crippen LogP contribution is 2.51. The summed E-state index contributed by atoms with van der Waals surface area (Å²) in [6.07, 6.45) is -0.961. The first-order valence-electron chi connectivity index (χ1n) is 8.98. The molecule has 0 fully saturated rings. The van der Waals surface area contributed by atoms with Crippen LogP contribution in [0.2, 0.25) is 0 Å². The fraction of sp³-hybridized carbons (Fsp3) is 0.0870. The third-order valence-electron chi connectivity index (χ3n) is 4.81. The minimum absolute atomic E-state index is 0.0570. The molecule has 1 atom stereocenters. The van der Waals surface area contributed by atoms with Gasteiger partial charge in [-0.3, -0.25) is 0 Å². The summed E-state index contributed by atoms with van der Waals surface area (Å²) in [6, 6.07) is 22.0. The summed E-state index contributed by atoms with van der Waals surface area (Å²) in [6.45, 7) is 1.68. The van der Waals surface area contributed by atoms with Crippen LogP contribution >= 0.6 is 11.8 Å². The van der Waals surface area contributed by atoms with Crippen LogP contribution in [0.4, 0.5) is 4.79 Å². The Morgan fingerprint density at radius 2 is 1.52 bits per heavy atom. The first kappa shape index (κ1) is 19.0. The Morgan fingerprint density at radius 1 is 0.897 bits per heavy atom. The summed E-state index contributed by atoms with van der Waals surface area (Å²) in [5.74, 6) is -0.240. The molecule has 0 radical (unpaired) electrons. The second-order valence-electron chi connectivity index (χ2n) is 6.78. The van der Waals surface area contributed by atoms with Gasteiger partial charge < -0.3 is 20.7 Å². The largest absolute Gasteiger partial charge is 0.507 e. The van der Waals surface area contributed by atoms with E-state index in [2.05, 4.69) is 0 Å². The number of phenolic OH excluding ortho intramolecular Hbond substituents is 2. The number of fused-ring (bicyclic) bond motifs is 2. The molecule has 4 rings (SSSR count). The van der Waals surface area contributed by atoms with Gasteiger partial charge in [0.15, 0.2) is 4.93 Å². The Morgan fingerprint density at radius 3 is 2.24 bits per heavy atom. The lowest BCUT2D eigenvalue weighted by Crippen LogP contribution is -2.29. The van der Waals surface area contributed by atoms with E-state index in [9.17, 15) is 15.0 Å². The van der Waals surface area contributed by atoms with Gasteiger partial charge in [-0.05, 0) is 29.1 Å². The third-order valence-corrected chi connectivity index (χ3v) is 6.06. The zero-order chi connectivity index (χ0) is 20.6. The van der Waals surface area contributed by atoms with Crippen LogP contribution in [-0.4, -0.2) is 16.3 Å². The van der Waals surface area contributed by atoms with Crippen LogP contribution in [0.5, 0.6) is 11.5 Å². The molecule has 0 aliphatic carbocycles. The standard InChI is InChI=1S/C23H19NO4S/c1-23(28-22(24)27,29-20-12-6-8-14-7-2-3-9-15(14)20)21-17-11-5-4-10-16(17)18(25)13-19(21)26/h2-13,25-26H,1H3,(H2,24,27). The van der Waals surface area contributed by atoms with E-state index in [1.54, 1.807) is 31.2 Å². The normalized spacial score (nSPS) is 13.3. The Balaban J connectivity index is 1.95. The summed E-state index contributed by atoms with van der Waals surface area (Å²) in [4.78, 5) is 11.3. The minimum Gasteiger partial charge on any atom is -0.507 e. The van der Waals surface area contributed by atoms with Gasteiger partial charge in [-0.1, -0.05) is 72.4 Å². The summed E-state index contributed by atoms with van der Waals surface area (Å²) in [7, 11) is 0. The number of amides is 1. The lowest BCUT2D eigenvalue weighted by molar-refractivity contribution is 0.0942. The van der Waals surface area contributed by atoms with Crippen LogP contribution in [0.15, 0.2) is 77.7 Å². The van der Waals surface area contributed by atoms with Crippen molar-refractivity contribution in [3.63, 3.8) is 0 Å². The highest BCUT2D eigenvalue weighted by Gasteiger charge is 2.37. The van der Waals surface area contributed by atoms with Crippen molar-refractivity contribution < 1.29 is 19.7 Å². The molecular weight excluding hydrogens is 386 g/mol. The molecule has 6 heteroatoms. The van der Waals surface area contributed by atoms with E-state index in [-0.39, 0.29) is 11.5 Å². The van der Waals surface area contributed by atoms with E-state index in [1.165, 1.54) is 17.8 Å². The molecule has 1 unspecified atom stereocenters. The second kappa shape index (κ2) is 7.22. The smallest absolute Gasteiger partial charge is 0.406 e. The molecule has 4 N–H and O–H groups in total. The number of hydrogen-bond acceptors (Lipinski definition) is 5. The van der Waals surface area contributed by atoms with Crippen LogP contribution in [0.3, 0.4) is 0 Å². The molecular formula is C23H19NO4S. The molecule has 4 aromatic carbocycles. The number of aromatic hydroxyl groups is 2. The summed E-state index contributed by atoms with van der Waals surface area (Å²) in [5.41, 5.74) is 5.76. The van der Waals surface area contributed by atoms with Gasteiger partial charge in [0.05, 0.1) is 5.56 Å². The van der Waals surface area contributed by atoms with E-state index in [0.717, 1.165) is 15.7 Å². The fourth-order valence-corrected chi connectivity index (χ4v) is 4.93. The summed E-state index contributed by atoms with van der Waals surface area (Å²) < 4.78 is 5.57. The number of benzene rings is 4. The quantitative estimate of drug-likeness (QED) is 0.309.